The maximum absolute atomic E-state index is 13.0. The molecule has 2 aliphatic rings. The lowest BCUT2D eigenvalue weighted by Crippen LogP contribution is -2.51. The summed E-state index contributed by atoms with van der Waals surface area (Å²) >= 11 is 0. The number of hydrogen-bond donors (Lipinski definition) is 0. The van der Waals surface area contributed by atoms with E-state index in [0.717, 1.165) is 31.2 Å². The quantitative estimate of drug-likeness (QED) is 0.801. The van der Waals surface area contributed by atoms with E-state index >= 15 is 0 Å². The number of likely N-dealkylation sites (tertiary alicyclic amines) is 1. The molecule has 1 saturated carbocycles. The van der Waals surface area contributed by atoms with Gasteiger partial charge < -0.3 is 9.64 Å². The first kappa shape index (κ1) is 14.1. The zero-order valence-corrected chi connectivity index (χ0v) is 12.4. The van der Waals surface area contributed by atoms with Gasteiger partial charge in [0.1, 0.15) is 6.04 Å². The summed E-state index contributed by atoms with van der Waals surface area (Å²) in [5.74, 6) is -0.185. The van der Waals surface area contributed by atoms with Crippen LogP contribution in [0.25, 0.3) is 0 Å². The molecule has 1 heterocycles. The van der Waals surface area contributed by atoms with Crippen molar-refractivity contribution in [3.05, 3.63) is 35.9 Å². The molecular formula is C17H21NO3. The van der Waals surface area contributed by atoms with Gasteiger partial charge in [0.25, 0.3) is 0 Å². The number of methoxy groups -OCH3 is 1. The summed E-state index contributed by atoms with van der Waals surface area (Å²) in [6.07, 6.45) is 4.40. The Morgan fingerprint density at radius 2 is 1.90 bits per heavy atom. The molecule has 0 N–H and O–H groups in total. The summed E-state index contributed by atoms with van der Waals surface area (Å²) in [6, 6.07) is 9.52. The molecule has 21 heavy (non-hydrogen) atoms. The second-order valence-electron chi connectivity index (χ2n) is 5.98. The number of carbonyl (C=O) groups is 2. The Hall–Kier alpha value is -1.84. The Kier molecular flexibility index (Phi) is 3.70. The normalized spacial score (nSPS) is 23.5. The summed E-state index contributed by atoms with van der Waals surface area (Å²) < 4.78 is 4.88. The summed E-state index contributed by atoms with van der Waals surface area (Å²) in [7, 11) is 1.39. The molecule has 112 valence electrons. The number of ether oxygens (including phenoxy) is 1. The summed E-state index contributed by atoms with van der Waals surface area (Å²) in [5, 5.41) is 0. The van der Waals surface area contributed by atoms with Crippen molar-refractivity contribution in [2.75, 3.05) is 13.7 Å². The zero-order chi connectivity index (χ0) is 14.9. The second-order valence-corrected chi connectivity index (χ2v) is 5.98. The average molecular weight is 287 g/mol. The lowest BCUT2D eigenvalue weighted by atomic mass is 9.91. The first-order valence-corrected chi connectivity index (χ1v) is 7.63. The Bertz CT molecular complexity index is 536. The van der Waals surface area contributed by atoms with Crippen molar-refractivity contribution in [2.24, 2.45) is 0 Å². The highest BCUT2D eigenvalue weighted by Crippen LogP contribution is 2.50. The van der Waals surface area contributed by atoms with E-state index in [0.29, 0.717) is 13.0 Å². The predicted molar refractivity (Wildman–Crippen MR) is 78.7 cm³/mol. The Morgan fingerprint density at radius 3 is 2.52 bits per heavy atom. The molecule has 4 nitrogen and oxygen atoms in total. The van der Waals surface area contributed by atoms with Crippen LogP contribution in [0.2, 0.25) is 0 Å². The molecule has 1 aliphatic heterocycles. The maximum Gasteiger partial charge on any atom is 0.328 e. The standard InChI is InChI=1S/C17H21NO3/c1-21-15(19)14-9-5-6-12-18(14)16(20)17(10-11-17)13-7-3-2-4-8-13/h2-4,7-8,14H,5-6,9-12H2,1H3. The molecule has 0 spiro atoms. The molecule has 0 radical (unpaired) electrons. The molecular weight excluding hydrogens is 266 g/mol. The van der Waals surface area contributed by atoms with Gasteiger partial charge in [0.15, 0.2) is 0 Å². The van der Waals surface area contributed by atoms with Crippen LogP contribution in [0.5, 0.6) is 0 Å². The minimum Gasteiger partial charge on any atom is -0.467 e. The third kappa shape index (κ3) is 2.43. The van der Waals surface area contributed by atoms with Gasteiger partial charge in [0, 0.05) is 6.54 Å². The Balaban J connectivity index is 1.85. The molecule has 1 amide bonds. The topological polar surface area (TPSA) is 46.6 Å². The number of carbonyl (C=O) groups excluding carboxylic acids is 2. The van der Waals surface area contributed by atoms with Gasteiger partial charge in [-0.2, -0.15) is 0 Å². The molecule has 4 heteroatoms. The van der Waals surface area contributed by atoms with Crippen molar-refractivity contribution >= 4 is 11.9 Å². The van der Waals surface area contributed by atoms with Crippen LogP contribution in [0.15, 0.2) is 30.3 Å². The van der Waals surface area contributed by atoms with E-state index in [1.54, 1.807) is 4.90 Å². The van der Waals surface area contributed by atoms with Gasteiger partial charge in [0.05, 0.1) is 12.5 Å². The predicted octanol–water partition coefficient (Wildman–Crippen LogP) is 2.27. The van der Waals surface area contributed by atoms with E-state index in [1.807, 2.05) is 30.3 Å². The van der Waals surface area contributed by atoms with E-state index in [-0.39, 0.29) is 11.9 Å². The van der Waals surface area contributed by atoms with E-state index in [9.17, 15) is 9.59 Å². The molecule has 0 aromatic heterocycles. The number of nitrogens with zero attached hydrogens (tertiary/aromatic N) is 1. The van der Waals surface area contributed by atoms with Gasteiger partial charge in [-0.25, -0.2) is 4.79 Å². The van der Waals surface area contributed by atoms with Gasteiger partial charge in [-0.1, -0.05) is 30.3 Å². The van der Waals surface area contributed by atoms with Crippen LogP contribution in [0.3, 0.4) is 0 Å². The van der Waals surface area contributed by atoms with Crippen molar-refractivity contribution in [1.29, 1.82) is 0 Å². The number of rotatable bonds is 3. The Morgan fingerprint density at radius 1 is 1.19 bits per heavy atom. The van der Waals surface area contributed by atoms with Crippen molar-refractivity contribution in [1.82, 2.24) is 4.90 Å². The fourth-order valence-electron chi connectivity index (χ4n) is 3.34. The molecule has 2 fully saturated rings. The number of benzene rings is 1. The third-order valence-electron chi connectivity index (χ3n) is 4.72. The maximum atomic E-state index is 13.0. The van der Waals surface area contributed by atoms with E-state index < -0.39 is 11.5 Å². The molecule has 1 atom stereocenters. The van der Waals surface area contributed by atoms with Crippen molar-refractivity contribution in [3.63, 3.8) is 0 Å². The number of piperidine rings is 1. The summed E-state index contributed by atoms with van der Waals surface area (Å²) in [5.41, 5.74) is 0.675. The number of hydrogen-bond acceptors (Lipinski definition) is 3. The molecule has 1 aromatic carbocycles. The lowest BCUT2D eigenvalue weighted by molar-refractivity contribution is -0.155. The van der Waals surface area contributed by atoms with Gasteiger partial charge in [0.2, 0.25) is 5.91 Å². The zero-order valence-electron chi connectivity index (χ0n) is 12.4. The van der Waals surface area contributed by atoms with Gasteiger partial charge in [-0.15, -0.1) is 0 Å². The average Bonchev–Trinajstić information content (AvgIpc) is 3.36. The van der Waals surface area contributed by atoms with Crippen molar-refractivity contribution in [3.8, 4) is 0 Å². The molecule has 0 bridgehead atoms. The highest BCUT2D eigenvalue weighted by Gasteiger charge is 2.54. The van der Waals surface area contributed by atoms with Crippen molar-refractivity contribution in [2.45, 2.75) is 43.6 Å². The van der Waals surface area contributed by atoms with E-state index in [4.69, 9.17) is 4.74 Å². The summed E-state index contributed by atoms with van der Waals surface area (Å²) in [6.45, 7) is 0.660. The van der Waals surface area contributed by atoms with Crippen LogP contribution in [-0.4, -0.2) is 36.5 Å². The minimum atomic E-state index is -0.405. The summed E-state index contributed by atoms with van der Waals surface area (Å²) in [4.78, 5) is 26.7. The largest absolute Gasteiger partial charge is 0.467 e. The fourth-order valence-corrected chi connectivity index (χ4v) is 3.34. The smallest absolute Gasteiger partial charge is 0.328 e. The third-order valence-corrected chi connectivity index (χ3v) is 4.72. The number of esters is 1. The van der Waals surface area contributed by atoms with E-state index in [2.05, 4.69) is 0 Å². The fraction of sp³-hybridized carbons (Fsp3) is 0.529. The first-order chi connectivity index (χ1) is 10.2. The van der Waals surface area contributed by atoms with E-state index in [1.165, 1.54) is 7.11 Å². The SMILES string of the molecule is COC(=O)C1CCCCN1C(=O)C1(c2ccccc2)CC1. The number of amides is 1. The Labute approximate surface area is 125 Å². The van der Waals surface area contributed by atoms with Gasteiger partial charge in [-0.05, 0) is 37.7 Å². The second kappa shape index (κ2) is 5.51. The van der Waals surface area contributed by atoms with Crippen molar-refractivity contribution < 1.29 is 14.3 Å². The van der Waals surface area contributed by atoms with Crippen LogP contribution in [-0.2, 0) is 19.7 Å². The lowest BCUT2D eigenvalue weighted by Gasteiger charge is -2.36. The highest BCUT2D eigenvalue weighted by atomic mass is 16.5. The highest BCUT2D eigenvalue weighted by molar-refractivity contribution is 5.94. The molecule has 1 unspecified atom stereocenters. The first-order valence-electron chi connectivity index (χ1n) is 7.63. The molecule has 1 aromatic rings. The minimum absolute atomic E-state index is 0.101. The molecule has 3 rings (SSSR count). The monoisotopic (exact) mass is 287 g/mol. The van der Waals surface area contributed by atoms with Gasteiger partial charge >= 0.3 is 5.97 Å². The van der Waals surface area contributed by atoms with Crippen LogP contribution >= 0.6 is 0 Å². The van der Waals surface area contributed by atoms with Crippen LogP contribution in [0, 0.1) is 0 Å². The molecule has 1 saturated heterocycles. The molecule has 1 aliphatic carbocycles. The van der Waals surface area contributed by atoms with Crippen LogP contribution < -0.4 is 0 Å². The van der Waals surface area contributed by atoms with Crippen LogP contribution in [0.4, 0.5) is 0 Å². The van der Waals surface area contributed by atoms with Gasteiger partial charge in [-0.3, -0.25) is 4.79 Å². The van der Waals surface area contributed by atoms with Crippen LogP contribution in [0.1, 0.15) is 37.7 Å².